The molecule has 0 aliphatic rings. The van der Waals surface area contributed by atoms with Crippen molar-refractivity contribution >= 4 is 11.6 Å². The SMILES string of the molecule is C=CCC(C)(CN)c1ccc(Cl)cc1. The van der Waals surface area contributed by atoms with Crippen LogP contribution in [0.1, 0.15) is 18.9 Å². The van der Waals surface area contributed by atoms with Crippen LogP contribution in [0, 0.1) is 0 Å². The zero-order valence-electron chi connectivity index (χ0n) is 8.46. The van der Waals surface area contributed by atoms with Crippen molar-refractivity contribution in [3.63, 3.8) is 0 Å². The number of benzene rings is 1. The van der Waals surface area contributed by atoms with Crippen LogP contribution in [-0.2, 0) is 5.41 Å². The Balaban J connectivity index is 2.99. The summed E-state index contributed by atoms with van der Waals surface area (Å²) in [4.78, 5) is 0. The number of nitrogens with two attached hydrogens (primary N) is 1. The molecule has 1 rings (SSSR count). The number of hydrogen-bond acceptors (Lipinski definition) is 1. The van der Waals surface area contributed by atoms with Gasteiger partial charge in [-0.25, -0.2) is 0 Å². The van der Waals surface area contributed by atoms with Gasteiger partial charge in [0.2, 0.25) is 0 Å². The number of rotatable bonds is 4. The van der Waals surface area contributed by atoms with Gasteiger partial charge >= 0.3 is 0 Å². The second-order valence-electron chi connectivity index (χ2n) is 3.76. The van der Waals surface area contributed by atoms with Crippen LogP contribution in [0.5, 0.6) is 0 Å². The molecular formula is C12H16ClN. The number of allylic oxidation sites excluding steroid dienone is 1. The summed E-state index contributed by atoms with van der Waals surface area (Å²) in [7, 11) is 0. The average Bonchev–Trinajstić information content (AvgIpc) is 2.19. The molecule has 0 aliphatic heterocycles. The van der Waals surface area contributed by atoms with Gasteiger partial charge in [0.1, 0.15) is 0 Å². The topological polar surface area (TPSA) is 26.0 Å². The lowest BCUT2D eigenvalue weighted by molar-refractivity contribution is 0.491. The maximum atomic E-state index is 5.83. The highest BCUT2D eigenvalue weighted by Crippen LogP contribution is 2.27. The largest absolute Gasteiger partial charge is 0.330 e. The maximum absolute atomic E-state index is 5.83. The first-order valence-electron chi connectivity index (χ1n) is 4.69. The van der Waals surface area contributed by atoms with Gasteiger partial charge in [0.05, 0.1) is 0 Å². The van der Waals surface area contributed by atoms with E-state index in [1.807, 2.05) is 30.3 Å². The zero-order valence-corrected chi connectivity index (χ0v) is 9.22. The van der Waals surface area contributed by atoms with E-state index in [2.05, 4.69) is 13.5 Å². The summed E-state index contributed by atoms with van der Waals surface area (Å²) in [6, 6.07) is 7.85. The molecule has 1 atom stereocenters. The predicted octanol–water partition coefficient (Wildman–Crippen LogP) is 3.13. The molecule has 1 aromatic rings. The van der Waals surface area contributed by atoms with Crippen molar-refractivity contribution in [2.75, 3.05) is 6.54 Å². The van der Waals surface area contributed by atoms with Gasteiger partial charge in [-0.05, 0) is 24.1 Å². The van der Waals surface area contributed by atoms with Gasteiger partial charge in [-0.15, -0.1) is 6.58 Å². The summed E-state index contributed by atoms with van der Waals surface area (Å²) in [5, 5.41) is 0.756. The smallest absolute Gasteiger partial charge is 0.0406 e. The van der Waals surface area contributed by atoms with Crippen LogP contribution in [0.3, 0.4) is 0 Å². The van der Waals surface area contributed by atoms with Crippen LogP contribution in [0.15, 0.2) is 36.9 Å². The highest BCUT2D eigenvalue weighted by molar-refractivity contribution is 6.30. The first-order chi connectivity index (χ1) is 6.62. The van der Waals surface area contributed by atoms with Crippen LogP contribution in [0.25, 0.3) is 0 Å². The van der Waals surface area contributed by atoms with Crippen LogP contribution < -0.4 is 5.73 Å². The molecular weight excluding hydrogens is 194 g/mol. The third-order valence-corrected chi connectivity index (χ3v) is 2.84. The fraction of sp³-hybridized carbons (Fsp3) is 0.333. The van der Waals surface area contributed by atoms with E-state index in [0.717, 1.165) is 11.4 Å². The molecule has 1 nitrogen and oxygen atoms in total. The van der Waals surface area contributed by atoms with Crippen LogP contribution >= 0.6 is 11.6 Å². The average molecular weight is 210 g/mol. The molecule has 2 N–H and O–H groups in total. The van der Waals surface area contributed by atoms with Crippen molar-refractivity contribution in [1.82, 2.24) is 0 Å². The summed E-state index contributed by atoms with van der Waals surface area (Å²) in [5.41, 5.74) is 6.97. The molecule has 0 aromatic heterocycles. The van der Waals surface area contributed by atoms with Crippen LogP contribution in [-0.4, -0.2) is 6.54 Å². The van der Waals surface area contributed by atoms with E-state index < -0.39 is 0 Å². The van der Waals surface area contributed by atoms with E-state index in [0.29, 0.717) is 6.54 Å². The summed E-state index contributed by atoms with van der Waals surface area (Å²) in [6.45, 7) is 6.50. The third-order valence-electron chi connectivity index (χ3n) is 2.59. The van der Waals surface area contributed by atoms with Crippen molar-refractivity contribution in [1.29, 1.82) is 0 Å². The first kappa shape index (κ1) is 11.3. The quantitative estimate of drug-likeness (QED) is 0.758. The minimum atomic E-state index is -0.0215. The van der Waals surface area contributed by atoms with Gasteiger partial charge in [-0.3, -0.25) is 0 Å². The number of hydrogen-bond donors (Lipinski definition) is 1. The standard InChI is InChI=1S/C12H16ClN/c1-3-8-12(2,9-14)10-4-6-11(13)7-5-10/h3-7H,1,8-9,14H2,2H3. The van der Waals surface area contributed by atoms with E-state index in [1.165, 1.54) is 5.56 Å². The Morgan fingerprint density at radius 2 is 2.00 bits per heavy atom. The molecule has 0 fully saturated rings. The normalized spacial score (nSPS) is 14.8. The molecule has 14 heavy (non-hydrogen) atoms. The summed E-state index contributed by atoms with van der Waals surface area (Å²) < 4.78 is 0. The monoisotopic (exact) mass is 209 g/mol. The van der Waals surface area contributed by atoms with E-state index >= 15 is 0 Å². The first-order valence-corrected chi connectivity index (χ1v) is 5.07. The van der Waals surface area contributed by atoms with Crippen molar-refractivity contribution in [3.05, 3.63) is 47.5 Å². The molecule has 0 saturated heterocycles. The molecule has 0 aliphatic carbocycles. The fourth-order valence-electron chi connectivity index (χ4n) is 1.49. The van der Waals surface area contributed by atoms with E-state index in [4.69, 9.17) is 17.3 Å². The summed E-state index contributed by atoms with van der Waals surface area (Å²) in [5.74, 6) is 0. The Morgan fingerprint density at radius 3 is 2.43 bits per heavy atom. The molecule has 1 aromatic carbocycles. The fourth-order valence-corrected chi connectivity index (χ4v) is 1.62. The molecule has 0 spiro atoms. The van der Waals surface area contributed by atoms with Crippen molar-refractivity contribution < 1.29 is 0 Å². The molecule has 2 heteroatoms. The Bertz CT molecular complexity index is 305. The lowest BCUT2D eigenvalue weighted by Gasteiger charge is -2.27. The summed E-state index contributed by atoms with van der Waals surface area (Å²) >= 11 is 5.83. The lowest BCUT2D eigenvalue weighted by atomic mass is 9.80. The van der Waals surface area contributed by atoms with E-state index in [9.17, 15) is 0 Å². The Kier molecular flexibility index (Phi) is 3.73. The van der Waals surface area contributed by atoms with Gasteiger partial charge < -0.3 is 5.73 Å². The second kappa shape index (κ2) is 4.63. The van der Waals surface area contributed by atoms with Gasteiger partial charge in [0.25, 0.3) is 0 Å². The van der Waals surface area contributed by atoms with Crippen LogP contribution in [0.2, 0.25) is 5.02 Å². The second-order valence-corrected chi connectivity index (χ2v) is 4.20. The molecule has 0 saturated carbocycles. The van der Waals surface area contributed by atoms with Crippen molar-refractivity contribution in [3.8, 4) is 0 Å². The predicted molar refractivity (Wildman–Crippen MR) is 62.7 cm³/mol. The third kappa shape index (κ3) is 2.37. The Labute approximate surface area is 90.6 Å². The van der Waals surface area contributed by atoms with E-state index in [1.54, 1.807) is 0 Å². The van der Waals surface area contributed by atoms with Gasteiger partial charge in [0, 0.05) is 17.0 Å². The highest BCUT2D eigenvalue weighted by atomic mass is 35.5. The Hall–Kier alpha value is -0.790. The number of halogens is 1. The molecule has 0 amide bonds. The summed E-state index contributed by atoms with van der Waals surface area (Å²) in [6.07, 6.45) is 2.78. The molecule has 1 unspecified atom stereocenters. The lowest BCUT2D eigenvalue weighted by Crippen LogP contribution is -2.31. The van der Waals surface area contributed by atoms with Crippen molar-refractivity contribution in [2.24, 2.45) is 5.73 Å². The van der Waals surface area contributed by atoms with Gasteiger partial charge in [-0.1, -0.05) is 36.7 Å². The van der Waals surface area contributed by atoms with Crippen LogP contribution in [0.4, 0.5) is 0 Å². The zero-order chi connectivity index (χ0) is 10.6. The molecule has 76 valence electrons. The molecule has 0 bridgehead atoms. The minimum Gasteiger partial charge on any atom is -0.330 e. The molecule has 0 heterocycles. The minimum absolute atomic E-state index is 0.0215. The van der Waals surface area contributed by atoms with Gasteiger partial charge in [-0.2, -0.15) is 0 Å². The Morgan fingerprint density at radius 1 is 1.43 bits per heavy atom. The highest BCUT2D eigenvalue weighted by Gasteiger charge is 2.22. The molecule has 0 radical (unpaired) electrons. The maximum Gasteiger partial charge on any atom is 0.0406 e. The van der Waals surface area contributed by atoms with Gasteiger partial charge in [0.15, 0.2) is 0 Å². The van der Waals surface area contributed by atoms with Crippen molar-refractivity contribution in [2.45, 2.75) is 18.8 Å². The van der Waals surface area contributed by atoms with E-state index in [-0.39, 0.29) is 5.41 Å².